The molecule has 0 aliphatic heterocycles. The molecule has 0 amide bonds. The molecule has 1 heterocycles. The van der Waals surface area contributed by atoms with Crippen LogP contribution in [0, 0.1) is 13.8 Å². The number of sulfonamides is 1. The Bertz CT molecular complexity index is 1030. The predicted octanol–water partition coefficient (Wildman–Crippen LogP) is 4.90. The van der Waals surface area contributed by atoms with E-state index in [1.165, 1.54) is 0 Å². The number of hydrogen-bond acceptors (Lipinski definition) is 4. The Kier molecular flexibility index (Phi) is 5.15. The van der Waals surface area contributed by atoms with Crippen molar-refractivity contribution >= 4 is 38.8 Å². The van der Waals surface area contributed by atoms with E-state index in [1.54, 1.807) is 36.5 Å². The number of rotatable bonds is 5. The van der Waals surface area contributed by atoms with Gasteiger partial charge in [0.1, 0.15) is 5.82 Å². The van der Waals surface area contributed by atoms with Gasteiger partial charge in [0.25, 0.3) is 10.0 Å². The molecule has 0 saturated heterocycles. The Morgan fingerprint density at radius 3 is 2.50 bits per heavy atom. The third-order valence-electron chi connectivity index (χ3n) is 3.78. The van der Waals surface area contributed by atoms with E-state index in [1.807, 2.05) is 38.1 Å². The molecule has 2 N–H and O–H groups in total. The summed E-state index contributed by atoms with van der Waals surface area (Å²) in [7, 11) is -3.67. The zero-order valence-corrected chi connectivity index (χ0v) is 15.9. The number of aromatic nitrogens is 1. The van der Waals surface area contributed by atoms with Crippen LogP contribution in [0.4, 0.5) is 17.2 Å². The van der Waals surface area contributed by atoms with E-state index in [9.17, 15) is 8.42 Å². The van der Waals surface area contributed by atoms with Gasteiger partial charge in [-0.1, -0.05) is 29.8 Å². The van der Waals surface area contributed by atoms with Gasteiger partial charge in [0.15, 0.2) is 0 Å². The lowest BCUT2D eigenvalue weighted by Gasteiger charge is -2.11. The molecule has 0 fully saturated rings. The molecule has 0 spiro atoms. The molecule has 0 saturated carbocycles. The Balaban J connectivity index is 1.76. The Labute approximate surface area is 158 Å². The quantitative estimate of drug-likeness (QED) is 0.653. The molecule has 0 radical (unpaired) electrons. The molecule has 0 aliphatic rings. The fourth-order valence-corrected chi connectivity index (χ4v) is 3.68. The fourth-order valence-electron chi connectivity index (χ4n) is 2.39. The van der Waals surface area contributed by atoms with Crippen LogP contribution in [0.15, 0.2) is 65.7 Å². The number of nitrogens with one attached hydrogen (secondary N) is 2. The van der Waals surface area contributed by atoms with Gasteiger partial charge in [-0.25, -0.2) is 13.4 Å². The number of halogens is 1. The lowest BCUT2D eigenvalue weighted by atomic mass is 10.2. The molecule has 134 valence electrons. The van der Waals surface area contributed by atoms with Gasteiger partial charge in [-0.15, -0.1) is 0 Å². The second-order valence-electron chi connectivity index (χ2n) is 5.94. The molecule has 0 atom stereocenters. The molecule has 0 aliphatic carbocycles. The minimum Gasteiger partial charge on any atom is -0.354 e. The first-order chi connectivity index (χ1) is 12.3. The summed E-state index contributed by atoms with van der Waals surface area (Å²) in [5.41, 5.74) is 3.51. The molecule has 0 unspecified atom stereocenters. The van der Waals surface area contributed by atoms with Gasteiger partial charge in [-0.2, -0.15) is 0 Å². The van der Waals surface area contributed by atoms with Crippen LogP contribution >= 0.6 is 11.6 Å². The van der Waals surface area contributed by atoms with Crippen LogP contribution in [0.25, 0.3) is 0 Å². The van der Waals surface area contributed by atoms with Crippen LogP contribution in [0.1, 0.15) is 11.1 Å². The molecule has 5 nitrogen and oxygen atoms in total. The molecule has 26 heavy (non-hydrogen) atoms. The largest absolute Gasteiger partial charge is 0.354 e. The Morgan fingerprint density at radius 2 is 1.81 bits per heavy atom. The van der Waals surface area contributed by atoms with E-state index >= 15 is 0 Å². The molecule has 3 rings (SSSR count). The molecular weight excluding hydrogens is 370 g/mol. The number of pyridine rings is 1. The van der Waals surface area contributed by atoms with Crippen molar-refractivity contribution in [3.05, 3.63) is 76.9 Å². The summed E-state index contributed by atoms with van der Waals surface area (Å²) >= 11 is 6.02. The van der Waals surface area contributed by atoms with Crippen molar-refractivity contribution in [2.45, 2.75) is 18.7 Å². The topological polar surface area (TPSA) is 71.1 Å². The maximum atomic E-state index is 12.4. The first-order valence-electron chi connectivity index (χ1n) is 7.92. The van der Waals surface area contributed by atoms with Crippen molar-refractivity contribution in [2.24, 2.45) is 0 Å². The first-order valence-corrected chi connectivity index (χ1v) is 9.78. The number of nitrogens with zero attached hydrogens (tertiary/aromatic N) is 1. The van der Waals surface area contributed by atoms with Crippen LogP contribution in [-0.4, -0.2) is 13.4 Å². The second-order valence-corrected chi connectivity index (χ2v) is 8.06. The summed E-state index contributed by atoms with van der Waals surface area (Å²) in [6.45, 7) is 3.81. The fraction of sp³-hybridized carbons (Fsp3) is 0.105. The number of anilines is 3. The van der Waals surface area contributed by atoms with E-state index in [4.69, 9.17) is 11.6 Å². The highest BCUT2D eigenvalue weighted by molar-refractivity contribution is 7.92. The third kappa shape index (κ3) is 4.33. The SMILES string of the molecule is Cc1cccc(S(=O)(=O)Nc2ccc(Nc3cc(Cl)ccc3C)cn2)c1. The standard InChI is InChI=1S/C19H18ClN3O2S/c1-13-4-3-5-17(10-13)26(24,25)23-19-9-8-16(12-21-19)22-18-11-15(20)7-6-14(18)2/h3-12,22H,1-2H3,(H,21,23). The summed E-state index contributed by atoms with van der Waals surface area (Å²) in [5.74, 6) is 0.250. The predicted molar refractivity (Wildman–Crippen MR) is 106 cm³/mol. The van der Waals surface area contributed by atoms with Crippen molar-refractivity contribution in [2.75, 3.05) is 10.0 Å². The van der Waals surface area contributed by atoms with Gasteiger partial charge in [-0.3, -0.25) is 4.72 Å². The number of benzene rings is 2. The summed E-state index contributed by atoms with van der Waals surface area (Å²) in [4.78, 5) is 4.38. The summed E-state index contributed by atoms with van der Waals surface area (Å²) in [5, 5.41) is 3.85. The van der Waals surface area contributed by atoms with Gasteiger partial charge in [0.05, 0.1) is 16.8 Å². The Morgan fingerprint density at radius 1 is 1.00 bits per heavy atom. The third-order valence-corrected chi connectivity index (χ3v) is 5.37. The van der Waals surface area contributed by atoms with Crippen LogP contribution in [0.5, 0.6) is 0 Å². The van der Waals surface area contributed by atoms with Gasteiger partial charge >= 0.3 is 0 Å². The van der Waals surface area contributed by atoms with Crippen molar-refractivity contribution in [3.8, 4) is 0 Å². The van der Waals surface area contributed by atoms with Gasteiger partial charge < -0.3 is 5.32 Å². The van der Waals surface area contributed by atoms with Crippen LogP contribution in [-0.2, 0) is 10.0 Å². The van der Waals surface area contributed by atoms with Crippen molar-refractivity contribution in [1.29, 1.82) is 0 Å². The molecule has 2 aromatic carbocycles. The highest BCUT2D eigenvalue weighted by Gasteiger charge is 2.14. The lowest BCUT2D eigenvalue weighted by Crippen LogP contribution is -2.14. The molecule has 0 bridgehead atoms. The smallest absolute Gasteiger partial charge is 0.263 e. The lowest BCUT2D eigenvalue weighted by molar-refractivity contribution is 0.601. The van der Waals surface area contributed by atoms with E-state index in [2.05, 4.69) is 15.0 Å². The molecule has 1 aromatic heterocycles. The summed E-state index contributed by atoms with van der Waals surface area (Å²) in [6.07, 6.45) is 1.56. The minimum absolute atomic E-state index is 0.205. The first kappa shape index (κ1) is 18.2. The average Bonchev–Trinajstić information content (AvgIpc) is 2.60. The highest BCUT2D eigenvalue weighted by Crippen LogP contribution is 2.24. The molecular formula is C19H18ClN3O2S. The number of aryl methyl sites for hydroxylation is 2. The van der Waals surface area contributed by atoms with Crippen molar-refractivity contribution in [3.63, 3.8) is 0 Å². The minimum atomic E-state index is -3.67. The van der Waals surface area contributed by atoms with E-state index in [0.29, 0.717) is 5.02 Å². The molecule has 7 heteroatoms. The van der Waals surface area contributed by atoms with E-state index in [-0.39, 0.29) is 10.7 Å². The van der Waals surface area contributed by atoms with Gasteiger partial charge in [-0.05, 0) is 61.4 Å². The Hall–Kier alpha value is -2.57. The zero-order chi connectivity index (χ0) is 18.7. The van der Waals surface area contributed by atoms with E-state index in [0.717, 1.165) is 22.5 Å². The normalized spacial score (nSPS) is 11.2. The second kappa shape index (κ2) is 7.35. The maximum absolute atomic E-state index is 12.4. The van der Waals surface area contributed by atoms with Crippen LogP contribution in [0.2, 0.25) is 5.02 Å². The van der Waals surface area contributed by atoms with Crippen molar-refractivity contribution < 1.29 is 8.42 Å². The van der Waals surface area contributed by atoms with Crippen LogP contribution < -0.4 is 10.0 Å². The maximum Gasteiger partial charge on any atom is 0.263 e. The van der Waals surface area contributed by atoms with Gasteiger partial charge in [0, 0.05) is 10.7 Å². The van der Waals surface area contributed by atoms with Crippen LogP contribution in [0.3, 0.4) is 0 Å². The van der Waals surface area contributed by atoms with Crippen molar-refractivity contribution in [1.82, 2.24) is 4.98 Å². The molecule has 3 aromatic rings. The average molecular weight is 388 g/mol. The summed E-state index contributed by atoms with van der Waals surface area (Å²) in [6, 6.07) is 15.6. The zero-order valence-electron chi connectivity index (χ0n) is 14.3. The van der Waals surface area contributed by atoms with E-state index < -0.39 is 10.0 Å². The summed E-state index contributed by atoms with van der Waals surface area (Å²) < 4.78 is 27.3. The van der Waals surface area contributed by atoms with Gasteiger partial charge in [0.2, 0.25) is 0 Å². The highest BCUT2D eigenvalue weighted by atomic mass is 35.5. The monoisotopic (exact) mass is 387 g/mol. The number of hydrogen-bond donors (Lipinski definition) is 2.